The standard InChI is InChI=1S/C28H37Cl2N3O5Si/c1-26(2,3)39(7,8)35-14-16-13-17(29)9-10-18(16)21(34)28(6)22-20(36-27(4,5)37-22)25(38-28)33-12-11-19-23(30)31-15-32-24(19)33/h9-13,15,20-22,25,34H,14H2,1-8H3/t20-,21-,22+,25-,28-/m1/s1. The van der Waals surface area contributed by atoms with Crippen LogP contribution in [0.4, 0.5) is 0 Å². The number of aliphatic hydroxyl groups excluding tert-OH is 1. The van der Waals surface area contributed by atoms with E-state index in [0.717, 1.165) is 5.56 Å². The molecule has 5 rings (SSSR count). The Kier molecular flexibility index (Phi) is 7.25. The summed E-state index contributed by atoms with van der Waals surface area (Å²) in [4.78, 5) is 8.52. The van der Waals surface area contributed by atoms with E-state index in [1.165, 1.54) is 6.33 Å². The van der Waals surface area contributed by atoms with Gasteiger partial charge >= 0.3 is 0 Å². The molecule has 0 radical (unpaired) electrons. The van der Waals surface area contributed by atoms with Gasteiger partial charge in [0.1, 0.15) is 41.0 Å². The number of hydrogen-bond acceptors (Lipinski definition) is 7. The lowest BCUT2D eigenvalue weighted by Gasteiger charge is -2.38. The summed E-state index contributed by atoms with van der Waals surface area (Å²) in [6, 6.07) is 7.32. The summed E-state index contributed by atoms with van der Waals surface area (Å²) in [5.74, 6) is -0.873. The van der Waals surface area contributed by atoms with Gasteiger partial charge in [-0.15, -0.1) is 0 Å². The minimum atomic E-state index is -2.06. The molecular weight excluding hydrogens is 557 g/mol. The number of fused-ring (bicyclic) bond motifs is 2. The summed E-state index contributed by atoms with van der Waals surface area (Å²) in [6.45, 7) is 16.9. The maximum absolute atomic E-state index is 12.0. The van der Waals surface area contributed by atoms with Gasteiger partial charge in [0.15, 0.2) is 20.3 Å². The third kappa shape index (κ3) is 5.06. The smallest absolute Gasteiger partial charge is 0.192 e. The first-order chi connectivity index (χ1) is 18.0. The van der Waals surface area contributed by atoms with Gasteiger partial charge in [0.25, 0.3) is 0 Å². The summed E-state index contributed by atoms with van der Waals surface area (Å²) in [6.07, 6.45) is 0.484. The van der Waals surface area contributed by atoms with E-state index >= 15 is 0 Å². The highest BCUT2D eigenvalue weighted by molar-refractivity contribution is 6.74. The minimum Gasteiger partial charge on any atom is -0.413 e. The van der Waals surface area contributed by atoms with Crippen molar-refractivity contribution in [3.63, 3.8) is 0 Å². The van der Waals surface area contributed by atoms with Gasteiger partial charge in [0, 0.05) is 11.2 Å². The molecule has 2 aliphatic rings. The zero-order valence-electron chi connectivity index (χ0n) is 23.7. The van der Waals surface area contributed by atoms with Gasteiger partial charge in [0.05, 0.1) is 12.0 Å². The summed E-state index contributed by atoms with van der Waals surface area (Å²) in [5, 5.41) is 13.7. The average Bonchev–Trinajstić information content (AvgIpc) is 3.48. The van der Waals surface area contributed by atoms with Gasteiger partial charge < -0.3 is 28.3 Å². The number of rotatable bonds is 6. The SMILES string of the molecule is CC1(C)O[C@H]2[C@H](n3ccc4c(Cl)ncnc43)O[C@](C)([C@H](O)c3ccc(Cl)cc3CO[Si](C)(C)C(C)(C)C)[C@H]2O1. The highest BCUT2D eigenvalue weighted by Gasteiger charge is 2.64. The first-order valence-corrected chi connectivity index (χ1v) is 16.8. The molecule has 2 fully saturated rings. The van der Waals surface area contributed by atoms with Crippen molar-refractivity contribution in [3.8, 4) is 0 Å². The molecule has 2 saturated heterocycles. The Bertz CT molecular complexity index is 1390. The summed E-state index contributed by atoms with van der Waals surface area (Å²) in [5.41, 5.74) is 0.932. The Morgan fingerprint density at radius 2 is 1.82 bits per heavy atom. The monoisotopic (exact) mass is 593 g/mol. The zero-order valence-corrected chi connectivity index (χ0v) is 26.2. The molecule has 39 heavy (non-hydrogen) atoms. The highest BCUT2D eigenvalue weighted by Crippen LogP contribution is 2.53. The summed E-state index contributed by atoms with van der Waals surface area (Å²) >= 11 is 12.7. The van der Waals surface area contributed by atoms with E-state index in [-0.39, 0.29) is 5.04 Å². The maximum Gasteiger partial charge on any atom is 0.192 e. The van der Waals surface area contributed by atoms with Gasteiger partial charge in [-0.2, -0.15) is 0 Å². The molecule has 2 aromatic heterocycles. The molecule has 1 N–H and O–H groups in total. The molecule has 3 aromatic rings. The van der Waals surface area contributed by atoms with Crippen LogP contribution < -0.4 is 0 Å². The van der Waals surface area contributed by atoms with Crippen molar-refractivity contribution in [2.24, 2.45) is 0 Å². The van der Waals surface area contributed by atoms with Crippen LogP contribution in [-0.2, 0) is 25.2 Å². The molecule has 2 aliphatic heterocycles. The van der Waals surface area contributed by atoms with Crippen molar-refractivity contribution < 1.29 is 23.7 Å². The van der Waals surface area contributed by atoms with Crippen LogP contribution in [-0.4, -0.2) is 51.6 Å². The van der Waals surface area contributed by atoms with Crippen LogP contribution in [0.3, 0.4) is 0 Å². The molecular formula is C28H37Cl2N3O5Si. The second kappa shape index (κ2) is 9.77. The molecule has 5 atom stereocenters. The van der Waals surface area contributed by atoms with Crippen LogP contribution in [0.2, 0.25) is 28.3 Å². The lowest BCUT2D eigenvalue weighted by atomic mass is 9.85. The van der Waals surface area contributed by atoms with Crippen molar-refractivity contribution in [1.82, 2.24) is 14.5 Å². The van der Waals surface area contributed by atoms with Crippen LogP contribution in [0.25, 0.3) is 11.0 Å². The number of ether oxygens (including phenoxy) is 3. The van der Waals surface area contributed by atoms with E-state index in [0.29, 0.717) is 33.4 Å². The van der Waals surface area contributed by atoms with Gasteiger partial charge in [-0.25, -0.2) is 9.97 Å². The van der Waals surface area contributed by atoms with Crippen molar-refractivity contribution >= 4 is 42.6 Å². The molecule has 212 valence electrons. The Balaban J connectivity index is 1.52. The lowest BCUT2D eigenvalue weighted by molar-refractivity contribution is -0.235. The second-order valence-corrected chi connectivity index (χ2v) is 18.2. The second-order valence-electron chi connectivity index (χ2n) is 12.6. The molecule has 0 spiro atoms. The molecule has 1 aromatic carbocycles. The van der Waals surface area contributed by atoms with Crippen LogP contribution >= 0.6 is 23.2 Å². The number of nitrogens with zero attached hydrogens (tertiary/aromatic N) is 3. The van der Waals surface area contributed by atoms with E-state index < -0.39 is 44.2 Å². The number of hydrogen-bond donors (Lipinski definition) is 1. The van der Waals surface area contributed by atoms with E-state index in [1.54, 1.807) is 6.07 Å². The fourth-order valence-electron chi connectivity index (χ4n) is 5.17. The lowest BCUT2D eigenvalue weighted by Crippen LogP contribution is -2.46. The Hall–Kier alpha value is -1.56. The van der Waals surface area contributed by atoms with Gasteiger partial charge in [-0.05, 0) is 68.2 Å². The van der Waals surface area contributed by atoms with Crippen LogP contribution in [0.1, 0.15) is 65.0 Å². The predicted octanol–water partition coefficient (Wildman–Crippen LogP) is 6.80. The summed E-state index contributed by atoms with van der Waals surface area (Å²) in [7, 11) is -2.06. The quantitative estimate of drug-likeness (QED) is 0.248. The van der Waals surface area contributed by atoms with E-state index in [9.17, 15) is 5.11 Å². The average molecular weight is 595 g/mol. The van der Waals surface area contributed by atoms with Crippen molar-refractivity contribution in [2.45, 2.75) is 102 Å². The number of aliphatic hydroxyl groups is 1. The Labute approximate surface area is 240 Å². The first-order valence-electron chi connectivity index (χ1n) is 13.1. The van der Waals surface area contributed by atoms with Crippen LogP contribution in [0, 0.1) is 0 Å². The molecule has 11 heteroatoms. The topological polar surface area (TPSA) is 87.9 Å². The van der Waals surface area contributed by atoms with Gasteiger partial charge in [-0.3, -0.25) is 0 Å². The molecule has 0 bridgehead atoms. The summed E-state index contributed by atoms with van der Waals surface area (Å²) < 4.78 is 27.8. The molecule has 0 unspecified atom stereocenters. The van der Waals surface area contributed by atoms with E-state index in [4.69, 9.17) is 41.8 Å². The fraction of sp³-hybridized carbons (Fsp3) is 0.571. The van der Waals surface area contributed by atoms with Gasteiger partial charge in [-0.1, -0.05) is 50.0 Å². The van der Waals surface area contributed by atoms with Crippen molar-refractivity contribution in [3.05, 3.63) is 58.1 Å². The van der Waals surface area contributed by atoms with Crippen LogP contribution in [0.15, 0.2) is 36.8 Å². The largest absolute Gasteiger partial charge is 0.413 e. The molecule has 4 heterocycles. The molecule has 8 nitrogen and oxygen atoms in total. The van der Waals surface area contributed by atoms with Gasteiger partial charge in [0.2, 0.25) is 0 Å². The molecule has 0 aliphatic carbocycles. The predicted molar refractivity (Wildman–Crippen MR) is 153 cm³/mol. The number of aromatic nitrogens is 3. The highest BCUT2D eigenvalue weighted by atomic mass is 35.5. The molecule has 0 saturated carbocycles. The Morgan fingerprint density at radius 3 is 2.51 bits per heavy atom. The van der Waals surface area contributed by atoms with Crippen molar-refractivity contribution in [1.29, 1.82) is 0 Å². The van der Waals surface area contributed by atoms with E-state index in [1.807, 2.05) is 49.7 Å². The minimum absolute atomic E-state index is 0.0396. The van der Waals surface area contributed by atoms with Crippen LogP contribution in [0.5, 0.6) is 0 Å². The maximum atomic E-state index is 12.0. The fourth-order valence-corrected chi connectivity index (χ4v) is 6.50. The number of halogens is 2. The Morgan fingerprint density at radius 1 is 1.10 bits per heavy atom. The molecule has 0 amide bonds. The normalized spacial score (nSPS) is 27.7. The third-order valence-electron chi connectivity index (χ3n) is 8.42. The zero-order chi connectivity index (χ0) is 28.5. The third-order valence-corrected chi connectivity index (χ3v) is 13.4. The number of benzene rings is 1. The van der Waals surface area contributed by atoms with Crippen molar-refractivity contribution in [2.75, 3.05) is 0 Å². The first kappa shape index (κ1) is 28.9. The van der Waals surface area contributed by atoms with E-state index in [2.05, 4.69) is 43.8 Å².